The van der Waals surface area contributed by atoms with Crippen molar-refractivity contribution in [3.63, 3.8) is 0 Å². The van der Waals surface area contributed by atoms with Gasteiger partial charge in [0.2, 0.25) is 0 Å². The van der Waals surface area contributed by atoms with E-state index < -0.39 is 11.9 Å². The molecule has 2 aliphatic rings. The molecule has 9 heteroatoms. The number of carbonyl (C=O) groups excluding carboxylic acids is 1. The number of nitrogens with one attached hydrogen (secondary N) is 1. The molecule has 0 saturated carbocycles. The minimum atomic E-state index is -0.512. The number of aromatic nitrogens is 2. The Labute approximate surface area is 181 Å². The first kappa shape index (κ1) is 19.1. The van der Waals surface area contributed by atoms with Gasteiger partial charge in [0.15, 0.2) is 0 Å². The fourth-order valence-electron chi connectivity index (χ4n) is 3.76. The van der Waals surface area contributed by atoms with Gasteiger partial charge in [0.25, 0.3) is 0 Å². The first-order valence-electron chi connectivity index (χ1n) is 9.32. The molecule has 4 heterocycles. The molecule has 1 aromatic carbocycles. The van der Waals surface area contributed by atoms with E-state index in [0.29, 0.717) is 45.7 Å². The molecular formula is C21H15Cl2FN4O2. The van der Waals surface area contributed by atoms with Crippen LogP contribution in [-0.2, 0) is 13.0 Å². The Kier molecular flexibility index (Phi) is 4.72. The number of benzene rings is 1. The number of urea groups is 1. The van der Waals surface area contributed by atoms with Crippen LogP contribution in [0.3, 0.4) is 0 Å². The van der Waals surface area contributed by atoms with Crippen molar-refractivity contribution < 1.29 is 13.9 Å². The lowest BCUT2D eigenvalue weighted by atomic mass is 9.99. The molecule has 2 aliphatic heterocycles. The van der Waals surface area contributed by atoms with Gasteiger partial charge in [-0.1, -0.05) is 23.2 Å². The smallest absolute Gasteiger partial charge is 0.326 e. The molecule has 3 aromatic rings. The van der Waals surface area contributed by atoms with Crippen molar-refractivity contribution in [2.45, 2.75) is 25.5 Å². The molecule has 0 fully saturated rings. The first-order valence-corrected chi connectivity index (χ1v) is 10.1. The van der Waals surface area contributed by atoms with E-state index in [1.54, 1.807) is 24.3 Å². The van der Waals surface area contributed by atoms with E-state index in [1.165, 1.54) is 23.4 Å². The molecule has 0 saturated heterocycles. The fourth-order valence-corrected chi connectivity index (χ4v) is 4.27. The highest BCUT2D eigenvalue weighted by Gasteiger charge is 2.31. The topological polar surface area (TPSA) is 67.4 Å². The van der Waals surface area contributed by atoms with Crippen LogP contribution in [0.1, 0.15) is 29.3 Å². The molecule has 1 N–H and O–H groups in total. The van der Waals surface area contributed by atoms with Gasteiger partial charge in [-0.15, -0.1) is 0 Å². The maximum absolute atomic E-state index is 14.2. The van der Waals surface area contributed by atoms with Gasteiger partial charge in [-0.25, -0.2) is 14.2 Å². The average Bonchev–Trinajstić information content (AvgIpc) is 2.73. The first-order chi connectivity index (χ1) is 14.5. The zero-order valence-corrected chi connectivity index (χ0v) is 17.0. The van der Waals surface area contributed by atoms with Crippen LogP contribution in [0.15, 0.2) is 42.7 Å². The summed E-state index contributed by atoms with van der Waals surface area (Å²) in [4.78, 5) is 22.4. The summed E-state index contributed by atoms with van der Waals surface area (Å²) >= 11 is 12.7. The zero-order chi connectivity index (χ0) is 20.8. The van der Waals surface area contributed by atoms with Crippen LogP contribution in [0.25, 0.3) is 0 Å². The summed E-state index contributed by atoms with van der Waals surface area (Å²) in [6.45, 7) is 0.213. The summed E-state index contributed by atoms with van der Waals surface area (Å²) in [6.07, 6.45) is 3.80. The molecule has 1 atom stereocenters. The lowest BCUT2D eigenvalue weighted by Crippen LogP contribution is -2.39. The molecule has 0 bridgehead atoms. The number of hydrogen-bond donors (Lipinski definition) is 1. The van der Waals surface area contributed by atoms with Crippen LogP contribution in [0.2, 0.25) is 10.2 Å². The van der Waals surface area contributed by atoms with E-state index in [9.17, 15) is 9.18 Å². The normalized spacial score (nSPS) is 17.6. The summed E-state index contributed by atoms with van der Waals surface area (Å²) < 4.78 is 20.2. The monoisotopic (exact) mass is 444 g/mol. The Morgan fingerprint density at radius 2 is 2.07 bits per heavy atom. The molecular weight excluding hydrogens is 430 g/mol. The van der Waals surface area contributed by atoms with Crippen LogP contribution in [-0.4, -0.2) is 16.0 Å². The quantitative estimate of drug-likeness (QED) is 0.526. The largest absolute Gasteiger partial charge is 0.484 e. The lowest BCUT2D eigenvalue weighted by Gasteiger charge is -2.32. The van der Waals surface area contributed by atoms with Gasteiger partial charge in [0.05, 0.1) is 22.9 Å². The SMILES string of the molecule is O=C1Nc2ccnc(Cl)c2CN1c1cc2c(cc1Cl)CC[C@H](c1ncccc1F)O2. The van der Waals surface area contributed by atoms with Crippen LogP contribution in [0.4, 0.5) is 20.6 Å². The number of aryl methyl sites for hydroxylation is 1. The maximum atomic E-state index is 14.2. The molecule has 6 nitrogen and oxygen atoms in total. The third-order valence-corrected chi connectivity index (χ3v) is 5.89. The molecule has 2 amide bonds. The van der Waals surface area contributed by atoms with Crippen LogP contribution >= 0.6 is 23.2 Å². The molecule has 0 unspecified atom stereocenters. The lowest BCUT2D eigenvalue weighted by molar-refractivity contribution is 0.167. The van der Waals surface area contributed by atoms with Crippen LogP contribution in [0.5, 0.6) is 5.75 Å². The Hall–Kier alpha value is -2.90. The minimum absolute atomic E-state index is 0.213. The third-order valence-electron chi connectivity index (χ3n) is 5.26. The number of carbonyl (C=O) groups is 1. The summed E-state index contributed by atoms with van der Waals surface area (Å²) in [5.41, 5.74) is 2.95. The van der Waals surface area contributed by atoms with Crippen molar-refractivity contribution >= 4 is 40.6 Å². The number of rotatable bonds is 2. The Morgan fingerprint density at radius 3 is 2.90 bits per heavy atom. The molecule has 0 spiro atoms. The number of amides is 2. The van der Waals surface area contributed by atoms with Crippen molar-refractivity contribution in [2.24, 2.45) is 0 Å². The minimum Gasteiger partial charge on any atom is -0.484 e. The van der Waals surface area contributed by atoms with Crippen LogP contribution < -0.4 is 15.0 Å². The van der Waals surface area contributed by atoms with Gasteiger partial charge >= 0.3 is 6.03 Å². The van der Waals surface area contributed by atoms with Gasteiger partial charge in [-0.3, -0.25) is 9.88 Å². The average molecular weight is 445 g/mol. The number of hydrogen-bond acceptors (Lipinski definition) is 4. The summed E-state index contributed by atoms with van der Waals surface area (Å²) in [5, 5.41) is 3.53. The van der Waals surface area contributed by atoms with Gasteiger partial charge in [-0.05, 0) is 42.7 Å². The number of halogens is 3. The third kappa shape index (κ3) is 3.24. The van der Waals surface area contributed by atoms with Crippen molar-refractivity contribution in [2.75, 3.05) is 10.2 Å². The van der Waals surface area contributed by atoms with E-state index in [2.05, 4.69) is 15.3 Å². The van der Waals surface area contributed by atoms with E-state index >= 15 is 0 Å². The Bertz CT molecular complexity index is 1170. The van der Waals surface area contributed by atoms with E-state index in [0.717, 1.165) is 5.56 Å². The second kappa shape index (κ2) is 7.41. The van der Waals surface area contributed by atoms with Gasteiger partial charge in [0, 0.05) is 24.0 Å². The standard InChI is InChI=1S/C21H15Cl2FN4O2/c22-13-8-11-3-4-17(19-14(24)2-1-6-25-19)30-18(11)9-16(13)28-10-12-15(27-21(28)29)5-7-26-20(12)23/h1-2,5-9,17H,3-4,10H2,(H,27,29)/t17-/m1/s1. The van der Waals surface area contributed by atoms with Gasteiger partial charge < -0.3 is 10.1 Å². The second-order valence-corrected chi connectivity index (χ2v) is 7.84. The highest BCUT2D eigenvalue weighted by atomic mass is 35.5. The van der Waals surface area contributed by atoms with E-state index in [-0.39, 0.29) is 18.3 Å². The maximum Gasteiger partial charge on any atom is 0.326 e. The summed E-state index contributed by atoms with van der Waals surface area (Å²) in [6, 6.07) is 7.75. The Morgan fingerprint density at radius 1 is 1.20 bits per heavy atom. The van der Waals surface area contributed by atoms with E-state index in [4.69, 9.17) is 27.9 Å². The van der Waals surface area contributed by atoms with Crippen molar-refractivity contribution in [1.29, 1.82) is 0 Å². The van der Waals surface area contributed by atoms with Crippen molar-refractivity contribution in [1.82, 2.24) is 9.97 Å². The zero-order valence-electron chi connectivity index (χ0n) is 15.5. The number of anilines is 2. The predicted octanol–water partition coefficient (Wildman–Crippen LogP) is 5.54. The van der Waals surface area contributed by atoms with Crippen molar-refractivity contribution in [3.8, 4) is 5.75 Å². The molecule has 30 heavy (non-hydrogen) atoms. The summed E-state index contributed by atoms with van der Waals surface area (Å²) in [7, 11) is 0. The van der Waals surface area contributed by atoms with Crippen LogP contribution in [0, 0.1) is 5.82 Å². The number of ether oxygens (including phenoxy) is 1. The number of fused-ring (bicyclic) bond motifs is 2. The number of nitrogens with zero attached hydrogens (tertiary/aromatic N) is 3. The van der Waals surface area contributed by atoms with Gasteiger partial charge in [-0.2, -0.15) is 0 Å². The highest BCUT2D eigenvalue weighted by molar-refractivity contribution is 6.34. The van der Waals surface area contributed by atoms with E-state index in [1.807, 2.05) is 0 Å². The van der Waals surface area contributed by atoms with Gasteiger partial charge in [0.1, 0.15) is 28.5 Å². The number of pyridine rings is 2. The highest BCUT2D eigenvalue weighted by Crippen LogP contribution is 2.42. The second-order valence-electron chi connectivity index (χ2n) is 7.07. The van der Waals surface area contributed by atoms with Crippen molar-refractivity contribution in [3.05, 3.63) is 75.5 Å². The molecule has 0 radical (unpaired) electrons. The molecule has 2 aromatic heterocycles. The fraction of sp³-hybridized carbons (Fsp3) is 0.190. The molecule has 5 rings (SSSR count). The summed E-state index contributed by atoms with van der Waals surface area (Å²) in [5.74, 6) is 0.140. The molecule has 152 valence electrons. The Balaban J connectivity index is 1.50. The molecule has 0 aliphatic carbocycles. The predicted molar refractivity (Wildman–Crippen MR) is 112 cm³/mol.